The van der Waals surface area contributed by atoms with Gasteiger partial charge < -0.3 is 10.2 Å². The van der Waals surface area contributed by atoms with Crippen LogP contribution in [0.25, 0.3) is 0 Å². The van der Waals surface area contributed by atoms with E-state index in [9.17, 15) is 9.18 Å². The van der Waals surface area contributed by atoms with Gasteiger partial charge in [0.1, 0.15) is 12.9 Å². The van der Waals surface area contributed by atoms with Gasteiger partial charge in [0.25, 0.3) is 5.91 Å². The molecule has 1 aliphatic rings. The lowest BCUT2D eigenvalue weighted by molar-refractivity contribution is 0.0936. The van der Waals surface area contributed by atoms with Gasteiger partial charge in [0, 0.05) is 5.56 Å². The second kappa shape index (κ2) is 6.60. The number of nitrogens with one attached hydrogen (secondary N) is 1. The number of carbonyl (C=O) groups excluding carboxylic acids is 1. The van der Waals surface area contributed by atoms with Gasteiger partial charge in [-0.05, 0) is 47.7 Å². The van der Waals surface area contributed by atoms with E-state index in [-0.39, 0.29) is 17.8 Å². The molecule has 1 amide bonds. The average Bonchev–Trinajstić information content (AvgIpc) is 2.98. The third-order valence-electron chi connectivity index (χ3n) is 4.00. The van der Waals surface area contributed by atoms with Crippen LogP contribution in [0.15, 0.2) is 47.6 Å². The quantitative estimate of drug-likeness (QED) is 0.696. The number of benzene rings is 2. The first-order valence-electron chi connectivity index (χ1n) is 7.44. The monoisotopic (exact) mass is 312 g/mol. The van der Waals surface area contributed by atoms with Gasteiger partial charge >= 0.3 is 0 Å². The fourth-order valence-electron chi connectivity index (χ4n) is 2.84. The summed E-state index contributed by atoms with van der Waals surface area (Å²) in [4.78, 5) is 17.0. The number of amides is 1. The van der Waals surface area contributed by atoms with E-state index in [0.717, 1.165) is 17.5 Å². The van der Waals surface area contributed by atoms with E-state index in [1.165, 1.54) is 13.2 Å². The van der Waals surface area contributed by atoms with E-state index < -0.39 is 0 Å². The summed E-state index contributed by atoms with van der Waals surface area (Å²) < 4.78 is 13.7. The summed E-state index contributed by atoms with van der Waals surface area (Å²) in [5, 5.41) is 6.65. The molecule has 1 aliphatic carbocycles. The summed E-state index contributed by atoms with van der Waals surface area (Å²) in [6.07, 6.45) is 2.94. The molecule has 4 nitrogen and oxygen atoms in total. The second-order valence-corrected chi connectivity index (χ2v) is 5.41. The maximum absolute atomic E-state index is 13.7. The van der Waals surface area contributed by atoms with Crippen molar-refractivity contribution in [2.24, 2.45) is 5.16 Å². The highest BCUT2D eigenvalue weighted by Crippen LogP contribution is 2.32. The van der Waals surface area contributed by atoms with Crippen molar-refractivity contribution < 1.29 is 14.0 Å². The van der Waals surface area contributed by atoms with E-state index in [0.29, 0.717) is 17.5 Å². The van der Waals surface area contributed by atoms with Crippen LogP contribution in [0.5, 0.6) is 0 Å². The van der Waals surface area contributed by atoms with E-state index in [4.69, 9.17) is 0 Å². The first kappa shape index (κ1) is 15.2. The van der Waals surface area contributed by atoms with Crippen molar-refractivity contribution >= 4 is 12.1 Å². The molecule has 1 N–H and O–H groups in total. The molecule has 0 saturated carbocycles. The van der Waals surface area contributed by atoms with Crippen LogP contribution in [0.3, 0.4) is 0 Å². The Morgan fingerprint density at radius 1 is 1.30 bits per heavy atom. The molecule has 5 heteroatoms. The first-order chi connectivity index (χ1) is 11.2. The van der Waals surface area contributed by atoms with Gasteiger partial charge in [-0.1, -0.05) is 29.4 Å². The minimum absolute atomic E-state index is 0.136. The van der Waals surface area contributed by atoms with Gasteiger partial charge in [-0.2, -0.15) is 0 Å². The molecular weight excluding hydrogens is 295 g/mol. The zero-order chi connectivity index (χ0) is 16.2. The number of rotatable bonds is 4. The number of fused-ring (bicyclic) bond motifs is 1. The van der Waals surface area contributed by atoms with Gasteiger partial charge in [0.15, 0.2) is 0 Å². The number of hydrogen-bond donors (Lipinski definition) is 1. The lowest BCUT2D eigenvalue weighted by Gasteiger charge is -2.14. The van der Waals surface area contributed by atoms with Crippen LogP contribution < -0.4 is 5.32 Å². The van der Waals surface area contributed by atoms with Crippen LogP contribution in [0, 0.1) is 5.82 Å². The minimum atomic E-state index is -0.193. The molecule has 23 heavy (non-hydrogen) atoms. The Balaban J connectivity index is 1.71. The fourth-order valence-corrected chi connectivity index (χ4v) is 2.84. The molecule has 2 aromatic rings. The summed E-state index contributed by atoms with van der Waals surface area (Å²) in [5.74, 6) is -0.358. The predicted octanol–water partition coefficient (Wildman–Crippen LogP) is 3.22. The van der Waals surface area contributed by atoms with Crippen LogP contribution in [0.4, 0.5) is 4.39 Å². The SMILES string of the molecule is CON=Cc1ccc(C(=O)NC2CCc3c(F)cccc32)cc1. The average molecular weight is 312 g/mol. The Morgan fingerprint density at radius 3 is 2.83 bits per heavy atom. The number of nitrogens with zero attached hydrogens (tertiary/aromatic N) is 1. The summed E-state index contributed by atoms with van der Waals surface area (Å²) >= 11 is 0. The highest BCUT2D eigenvalue weighted by molar-refractivity contribution is 5.95. The standard InChI is InChI=1S/C18H17FN2O2/c1-23-20-11-12-5-7-13(8-6-12)18(22)21-17-10-9-14-15(17)3-2-4-16(14)19/h2-8,11,17H,9-10H2,1H3,(H,21,22). The molecule has 0 aromatic heterocycles. The molecule has 2 aromatic carbocycles. The summed E-state index contributed by atoms with van der Waals surface area (Å²) in [6.45, 7) is 0. The van der Waals surface area contributed by atoms with Gasteiger partial charge in [-0.3, -0.25) is 4.79 Å². The van der Waals surface area contributed by atoms with E-state index in [2.05, 4.69) is 15.3 Å². The molecule has 0 radical (unpaired) electrons. The highest BCUT2D eigenvalue weighted by atomic mass is 19.1. The predicted molar refractivity (Wildman–Crippen MR) is 86.0 cm³/mol. The largest absolute Gasteiger partial charge is 0.399 e. The minimum Gasteiger partial charge on any atom is -0.399 e. The molecule has 3 rings (SSSR count). The molecule has 0 fully saturated rings. The lowest BCUT2D eigenvalue weighted by Crippen LogP contribution is -2.27. The Labute approximate surface area is 134 Å². The van der Waals surface area contributed by atoms with Gasteiger partial charge in [-0.15, -0.1) is 0 Å². The first-order valence-corrected chi connectivity index (χ1v) is 7.44. The lowest BCUT2D eigenvalue weighted by atomic mass is 10.1. The molecule has 0 saturated heterocycles. The van der Waals surface area contributed by atoms with Crippen molar-refractivity contribution in [2.45, 2.75) is 18.9 Å². The Bertz CT molecular complexity index is 741. The molecule has 0 bridgehead atoms. The molecule has 1 atom stereocenters. The third kappa shape index (κ3) is 3.23. The van der Waals surface area contributed by atoms with Crippen LogP contribution in [0.2, 0.25) is 0 Å². The van der Waals surface area contributed by atoms with E-state index >= 15 is 0 Å². The van der Waals surface area contributed by atoms with Gasteiger partial charge in [0.05, 0.1) is 12.3 Å². The van der Waals surface area contributed by atoms with Crippen LogP contribution >= 0.6 is 0 Å². The van der Waals surface area contributed by atoms with Crippen LogP contribution in [-0.2, 0) is 11.3 Å². The molecule has 118 valence electrons. The van der Waals surface area contributed by atoms with E-state index in [1.54, 1.807) is 36.5 Å². The number of halogens is 1. The molecule has 0 spiro atoms. The van der Waals surface area contributed by atoms with Crippen molar-refractivity contribution in [3.63, 3.8) is 0 Å². The Morgan fingerprint density at radius 2 is 2.09 bits per heavy atom. The molecule has 1 unspecified atom stereocenters. The highest BCUT2D eigenvalue weighted by Gasteiger charge is 2.26. The third-order valence-corrected chi connectivity index (χ3v) is 4.00. The number of hydrogen-bond acceptors (Lipinski definition) is 3. The number of carbonyl (C=O) groups is 1. The van der Waals surface area contributed by atoms with Crippen molar-refractivity contribution in [1.82, 2.24) is 5.32 Å². The van der Waals surface area contributed by atoms with E-state index in [1.807, 2.05) is 6.07 Å². The Hall–Kier alpha value is -2.69. The molecule has 0 heterocycles. The Kier molecular flexibility index (Phi) is 4.37. The topological polar surface area (TPSA) is 50.7 Å². The molecule has 0 aliphatic heterocycles. The maximum Gasteiger partial charge on any atom is 0.251 e. The van der Waals surface area contributed by atoms with Gasteiger partial charge in [-0.25, -0.2) is 4.39 Å². The van der Waals surface area contributed by atoms with Crippen molar-refractivity contribution in [3.8, 4) is 0 Å². The second-order valence-electron chi connectivity index (χ2n) is 5.41. The summed E-state index contributed by atoms with van der Waals surface area (Å²) in [7, 11) is 1.47. The maximum atomic E-state index is 13.7. The van der Waals surface area contributed by atoms with Gasteiger partial charge in [0.2, 0.25) is 0 Å². The van der Waals surface area contributed by atoms with Crippen molar-refractivity contribution in [1.29, 1.82) is 0 Å². The zero-order valence-corrected chi connectivity index (χ0v) is 12.8. The zero-order valence-electron chi connectivity index (χ0n) is 12.8. The smallest absolute Gasteiger partial charge is 0.251 e. The van der Waals surface area contributed by atoms with Crippen molar-refractivity contribution in [2.75, 3.05) is 7.11 Å². The van der Waals surface area contributed by atoms with Crippen molar-refractivity contribution in [3.05, 3.63) is 70.5 Å². The van der Waals surface area contributed by atoms with Crippen LogP contribution in [0.1, 0.15) is 39.5 Å². The summed E-state index contributed by atoms with van der Waals surface area (Å²) in [5.41, 5.74) is 2.99. The molecular formula is C18H17FN2O2. The fraction of sp³-hybridized carbons (Fsp3) is 0.222. The van der Waals surface area contributed by atoms with Crippen LogP contribution in [-0.4, -0.2) is 19.2 Å². The normalized spacial score (nSPS) is 16.3. The number of oxime groups is 1. The summed E-state index contributed by atoms with van der Waals surface area (Å²) in [6, 6.07) is 11.9.